The SMILES string of the molecule is C=CCN(C(=O)O)C1CCCCC1. The Bertz CT molecular complexity index is 185. The van der Waals surface area contributed by atoms with Gasteiger partial charge in [0.25, 0.3) is 0 Å². The molecule has 0 aromatic heterocycles. The Labute approximate surface area is 79.0 Å². The number of nitrogens with zero attached hydrogens (tertiary/aromatic N) is 1. The molecule has 0 spiro atoms. The summed E-state index contributed by atoms with van der Waals surface area (Å²) in [4.78, 5) is 12.4. The lowest BCUT2D eigenvalue weighted by atomic mass is 9.94. The fourth-order valence-corrected chi connectivity index (χ4v) is 1.92. The van der Waals surface area contributed by atoms with E-state index in [9.17, 15) is 4.79 Å². The lowest BCUT2D eigenvalue weighted by Crippen LogP contribution is -2.40. The Morgan fingerprint density at radius 1 is 1.46 bits per heavy atom. The van der Waals surface area contributed by atoms with Crippen LogP contribution in [-0.4, -0.2) is 28.7 Å². The number of rotatable bonds is 3. The van der Waals surface area contributed by atoms with Crippen LogP contribution in [0.3, 0.4) is 0 Å². The van der Waals surface area contributed by atoms with Crippen LogP contribution < -0.4 is 0 Å². The molecule has 1 rings (SSSR count). The zero-order valence-corrected chi connectivity index (χ0v) is 7.91. The van der Waals surface area contributed by atoms with E-state index in [1.807, 2.05) is 0 Å². The molecule has 0 saturated heterocycles. The second-order valence-electron chi connectivity index (χ2n) is 3.52. The molecule has 1 aliphatic rings. The van der Waals surface area contributed by atoms with Crippen LogP contribution in [0.1, 0.15) is 32.1 Å². The normalized spacial score (nSPS) is 18.2. The Morgan fingerprint density at radius 3 is 2.54 bits per heavy atom. The summed E-state index contributed by atoms with van der Waals surface area (Å²) >= 11 is 0. The van der Waals surface area contributed by atoms with E-state index in [4.69, 9.17) is 5.11 Å². The van der Waals surface area contributed by atoms with Crippen molar-refractivity contribution < 1.29 is 9.90 Å². The fraction of sp³-hybridized carbons (Fsp3) is 0.700. The molecule has 0 aromatic carbocycles. The van der Waals surface area contributed by atoms with Crippen molar-refractivity contribution in [3.8, 4) is 0 Å². The van der Waals surface area contributed by atoms with Crippen LogP contribution in [0.4, 0.5) is 4.79 Å². The van der Waals surface area contributed by atoms with E-state index in [-0.39, 0.29) is 6.04 Å². The van der Waals surface area contributed by atoms with Crippen molar-refractivity contribution in [2.45, 2.75) is 38.1 Å². The van der Waals surface area contributed by atoms with Gasteiger partial charge in [-0.25, -0.2) is 4.79 Å². The van der Waals surface area contributed by atoms with E-state index in [2.05, 4.69) is 6.58 Å². The molecule has 1 N–H and O–H groups in total. The first-order chi connectivity index (χ1) is 6.25. The zero-order valence-electron chi connectivity index (χ0n) is 7.91. The van der Waals surface area contributed by atoms with Crippen molar-refractivity contribution in [2.24, 2.45) is 0 Å². The molecule has 0 heterocycles. The van der Waals surface area contributed by atoms with Crippen LogP contribution in [0.5, 0.6) is 0 Å². The average molecular weight is 183 g/mol. The highest BCUT2D eigenvalue weighted by molar-refractivity contribution is 5.65. The van der Waals surface area contributed by atoms with E-state index in [1.165, 1.54) is 11.3 Å². The molecule has 3 heteroatoms. The van der Waals surface area contributed by atoms with Gasteiger partial charge in [-0.3, -0.25) is 0 Å². The number of carbonyl (C=O) groups is 1. The van der Waals surface area contributed by atoms with Gasteiger partial charge in [0.05, 0.1) is 0 Å². The summed E-state index contributed by atoms with van der Waals surface area (Å²) < 4.78 is 0. The smallest absolute Gasteiger partial charge is 0.407 e. The molecule has 3 nitrogen and oxygen atoms in total. The summed E-state index contributed by atoms with van der Waals surface area (Å²) in [5, 5.41) is 8.93. The first kappa shape index (κ1) is 10.1. The van der Waals surface area contributed by atoms with E-state index in [0.29, 0.717) is 6.54 Å². The summed E-state index contributed by atoms with van der Waals surface area (Å²) in [7, 11) is 0. The topological polar surface area (TPSA) is 40.5 Å². The summed E-state index contributed by atoms with van der Waals surface area (Å²) in [6.45, 7) is 4.03. The third kappa shape index (κ3) is 2.76. The monoisotopic (exact) mass is 183 g/mol. The van der Waals surface area contributed by atoms with Crippen LogP contribution >= 0.6 is 0 Å². The minimum absolute atomic E-state index is 0.226. The quantitative estimate of drug-likeness (QED) is 0.683. The summed E-state index contributed by atoms with van der Waals surface area (Å²) in [6.07, 6.45) is 6.44. The van der Waals surface area contributed by atoms with Gasteiger partial charge in [0, 0.05) is 12.6 Å². The van der Waals surface area contributed by atoms with Gasteiger partial charge in [0.1, 0.15) is 0 Å². The summed E-state index contributed by atoms with van der Waals surface area (Å²) in [6, 6.07) is 0.226. The lowest BCUT2D eigenvalue weighted by Gasteiger charge is -2.31. The first-order valence-electron chi connectivity index (χ1n) is 4.86. The van der Waals surface area contributed by atoms with Crippen LogP contribution in [0.15, 0.2) is 12.7 Å². The van der Waals surface area contributed by atoms with Crippen molar-refractivity contribution in [1.29, 1.82) is 0 Å². The van der Waals surface area contributed by atoms with Gasteiger partial charge in [0.2, 0.25) is 0 Å². The highest BCUT2D eigenvalue weighted by Crippen LogP contribution is 2.22. The minimum atomic E-state index is -0.813. The van der Waals surface area contributed by atoms with Crippen molar-refractivity contribution >= 4 is 6.09 Å². The number of hydrogen-bond donors (Lipinski definition) is 1. The Hall–Kier alpha value is -0.990. The largest absolute Gasteiger partial charge is 0.465 e. The number of hydrogen-bond acceptors (Lipinski definition) is 1. The van der Waals surface area contributed by atoms with Gasteiger partial charge in [-0.15, -0.1) is 6.58 Å². The highest BCUT2D eigenvalue weighted by atomic mass is 16.4. The molecule has 13 heavy (non-hydrogen) atoms. The lowest BCUT2D eigenvalue weighted by molar-refractivity contribution is 0.118. The summed E-state index contributed by atoms with van der Waals surface area (Å²) in [5.41, 5.74) is 0. The fourth-order valence-electron chi connectivity index (χ4n) is 1.92. The molecule has 74 valence electrons. The second kappa shape index (κ2) is 4.90. The van der Waals surface area contributed by atoms with Gasteiger partial charge >= 0.3 is 6.09 Å². The molecule has 1 amide bonds. The molecule has 1 saturated carbocycles. The van der Waals surface area contributed by atoms with Gasteiger partial charge in [-0.05, 0) is 12.8 Å². The standard InChI is InChI=1S/C10H17NO2/c1-2-8-11(10(12)13)9-6-4-3-5-7-9/h2,9H,1,3-8H2,(H,12,13). The third-order valence-corrected chi connectivity index (χ3v) is 2.59. The second-order valence-corrected chi connectivity index (χ2v) is 3.52. The van der Waals surface area contributed by atoms with Crippen molar-refractivity contribution in [1.82, 2.24) is 4.90 Å². The van der Waals surface area contributed by atoms with Gasteiger partial charge in [-0.1, -0.05) is 25.3 Å². The van der Waals surface area contributed by atoms with Crippen LogP contribution in [0.25, 0.3) is 0 Å². The highest BCUT2D eigenvalue weighted by Gasteiger charge is 2.23. The van der Waals surface area contributed by atoms with Gasteiger partial charge in [0.15, 0.2) is 0 Å². The zero-order chi connectivity index (χ0) is 9.68. The van der Waals surface area contributed by atoms with Crippen molar-refractivity contribution in [2.75, 3.05) is 6.54 Å². The molecule has 1 fully saturated rings. The maximum Gasteiger partial charge on any atom is 0.407 e. The maximum absolute atomic E-state index is 10.9. The Kier molecular flexibility index (Phi) is 3.80. The predicted molar refractivity (Wildman–Crippen MR) is 51.8 cm³/mol. The van der Waals surface area contributed by atoms with Crippen LogP contribution in [-0.2, 0) is 0 Å². The van der Waals surface area contributed by atoms with Crippen LogP contribution in [0.2, 0.25) is 0 Å². The Morgan fingerprint density at radius 2 is 2.08 bits per heavy atom. The van der Waals surface area contributed by atoms with Crippen LogP contribution in [0, 0.1) is 0 Å². The maximum atomic E-state index is 10.9. The van der Waals surface area contributed by atoms with Gasteiger partial charge in [-0.2, -0.15) is 0 Å². The van der Waals surface area contributed by atoms with E-state index >= 15 is 0 Å². The predicted octanol–water partition coefficient (Wildman–Crippen LogP) is 2.49. The van der Waals surface area contributed by atoms with Crippen molar-refractivity contribution in [3.05, 3.63) is 12.7 Å². The van der Waals surface area contributed by atoms with E-state index < -0.39 is 6.09 Å². The number of carboxylic acid groups (broad SMARTS) is 1. The number of amides is 1. The molecule has 0 bridgehead atoms. The summed E-state index contributed by atoms with van der Waals surface area (Å²) in [5.74, 6) is 0. The third-order valence-electron chi connectivity index (χ3n) is 2.59. The molecule has 0 aliphatic heterocycles. The van der Waals surface area contributed by atoms with E-state index in [0.717, 1.165) is 25.7 Å². The molecule has 0 unspecified atom stereocenters. The molecular weight excluding hydrogens is 166 g/mol. The molecular formula is C10H17NO2. The molecule has 1 aliphatic carbocycles. The van der Waals surface area contributed by atoms with E-state index in [1.54, 1.807) is 6.08 Å². The average Bonchev–Trinajstić information content (AvgIpc) is 2.15. The first-order valence-corrected chi connectivity index (χ1v) is 4.86. The van der Waals surface area contributed by atoms with Crippen molar-refractivity contribution in [3.63, 3.8) is 0 Å². The Balaban J connectivity index is 2.51. The molecule has 0 atom stereocenters. The molecule has 0 aromatic rings. The minimum Gasteiger partial charge on any atom is -0.465 e. The molecule has 0 radical (unpaired) electrons. The van der Waals surface area contributed by atoms with Gasteiger partial charge < -0.3 is 10.0 Å².